The lowest BCUT2D eigenvalue weighted by Gasteiger charge is -2.22. The Kier molecular flexibility index (Phi) is 10.00. The molecule has 222 valence electrons. The van der Waals surface area contributed by atoms with Gasteiger partial charge in [0, 0.05) is 30.6 Å². The fourth-order valence-corrected chi connectivity index (χ4v) is 6.68. The zero-order chi connectivity index (χ0) is 29.5. The lowest BCUT2D eigenvalue weighted by Crippen LogP contribution is -2.37. The molecule has 0 radical (unpaired) electrons. The largest absolute Gasteiger partial charge is 0.353 e. The van der Waals surface area contributed by atoms with E-state index in [-0.39, 0.29) is 29.2 Å². The molecule has 42 heavy (non-hydrogen) atoms. The van der Waals surface area contributed by atoms with Gasteiger partial charge in [0.1, 0.15) is 11.0 Å². The van der Waals surface area contributed by atoms with Crippen LogP contribution in [0.25, 0.3) is 27.6 Å². The van der Waals surface area contributed by atoms with E-state index in [2.05, 4.69) is 17.6 Å². The van der Waals surface area contributed by atoms with Crippen LogP contribution < -0.4 is 16.2 Å². The Balaban J connectivity index is 1.46. The van der Waals surface area contributed by atoms with Crippen molar-refractivity contribution >= 4 is 51.2 Å². The van der Waals surface area contributed by atoms with Gasteiger partial charge in [-0.1, -0.05) is 81.8 Å². The molecular formula is C33H41N5O3S. The fourth-order valence-electron chi connectivity index (χ4n) is 5.86. The molecule has 0 bridgehead atoms. The quantitative estimate of drug-likeness (QED) is 0.109. The van der Waals surface area contributed by atoms with Crippen molar-refractivity contribution in [1.82, 2.24) is 19.4 Å². The summed E-state index contributed by atoms with van der Waals surface area (Å²) in [6.45, 7) is 2.18. The van der Waals surface area contributed by atoms with Crippen molar-refractivity contribution < 1.29 is 9.59 Å². The summed E-state index contributed by atoms with van der Waals surface area (Å²) >= 11 is 1.28. The highest BCUT2D eigenvalue weighted by atomic mass is 32.2. The third-order valence-electron chi connectivity index (χ3n) is 8.09. The third kappa shape index (κ3) is 6.89. The van der Waals surface area contributed by atoms with Gasteiger partial charge in [-0.05, 0) is 49.6 Å². The molecule has 2 amide bonds. The standard InChI is InChI=1S/C33H41N5O3S/c1-3-4-5-6-13-18-28(39)35-24-19-20-27-26(21-24)30-31(37(27)2)32(41)38(25-16-11-8-12-17-25)33(36-30)42-22-29(40)34-23-14-9-7-10-15-23/h8,11-12,16-17,19-21,23H,3-7,9-10,13-15,18,22H2,1-2H3,(H,34,40)(H,35,39). The van der Waals surface area contributed by atoms with Crippen LogP contribution in [-0.2, 0) is 16.6 Å². The first-order chi connectivity index (χ1) is 20.5. The third-order valence-corrected chi connectivity index (χ3v) is 9.02. The first-order valence-corrected chi connectivity index (χ1v) is 16.3. The van der Waals surface area contributed by atoms with E-state index in [0.717, 1.165) is 55.8 Å². The molecule has 2 heterocycles. The van der Waals surface area contributed by atoms with Crippen LogP contribution in [0.15, 0.2) is 58.5 Å². The molecule has 1 fully saturated rings. The summed E-state index contributed by atoms with van der Waals surface area (Å²) in [6.07, 6.45) is 11.5. The highest BCUT2D eigenvalue weighted by molar-refractivity contribution is 7.99. The highest BCUT2D eigenvalue weighted by Gasteiger charge is 2.22. The average Bonchev–Trinajstić information content (AvgIpc) is 3.28. The van der Waals surface area contributed by atoms with E-state index < -0.39 is 0 Å². The van der Waals surface area contributed by atoms with Crippen molar-refractivity contribution in [2.24, 2.45) is 7.05 Å². The molecule has 0 spiro atoms. The normalized spacial score (nSPS) is 14.0. The van der Waals surface area contributed by atoms with Crippen LogP contribution in [0.5, 0.6) is 0 Å². The molecule has 1 aliphatic rings. The van der Waals surface area contributed by atoms with Gasteiger partial charge < -0.3 is 15.2 Å². The molecule has 2 aromatic carbocycles. The zero-order valence-electron chi connectivity index (χ0n) is 24.7. The molecule has 0 aliphatic heterocycles. The summed E-state index contributed by atoms with van der Waals surface area (Å²) in [5.74, 6) is 0.121. The second-order valence-corrected chi connectivity index (χ2v) is 12.2. The van der Waals surface area contributed by atoms with E-state index in [1.807, 2.05) is 60.1 Å². The number of aryl methyl sites for hydroxylation is 1. The fraction of sp³-hybridized carbons (Fsp3) is 0.455. The lowest BCUT2D eigenvalue weighted by molar-refractivity contribution is -0.119. The highest BCUT2D eigenvalue weighted by Crippen LogP contribution is 2.30. The first kappa shape index (κ1) is 29.9. The summed E-state index contributed by atoms with van der Waals surface area (Å²) in [4.78, 5) is 44.6. The van der Waals surface area contributed by atoms with Gasteiger partial charge in [0.15, 0.2) is 5.16 Å². The molecule has 9 heteroatoms. The van der Waals surface area contributed by atoms with Crippen LogP contribution in [-0.4, -0.2) is 37.7 Å². The number of nitrogens with zero attached hydrogens (tertiary/aromatic N) is 3. The van der Waals surface area contributed by atoms with Gasteiger partial charge in [-0.3, -0.25) is 19.0 Å². The maximum absolute atomic E-state index is 14.1. The number of para-hydroxylation sites is 1. The van der Waals surface area contributed by atoms with Gasteiger partial charge in [-0.25, -0.2) is 4.98 Å². The van der Waals surface area contributed by atoms with Crippen LogP contribution in [0, 0.1) is 0 Å². The number of thioether (sulfide) groups is 1. The molecule has 0 unspecified atom stereocenters. The number of unbranched alkanes of at least 4 members (excludes halogenated alkanes) is 4. The molecule has 0 atom stereocenters. The summed E-state index contributed by atoms with van der Waals surface area (Å²) in [6, 6.07) is 15.3. The van der Waals surface area contributed by atoms with Gasteiger partial charge in [-0.15, -0.1) is 0 Å². The van der Waals surface area contributed by atoms with Crippen molar-refractivity contribution in [2.75, 3.05) is 11.1 Å². The number of anilines is 1. The lowest BCUT2D eigenvalue weighted by atomic mass is 9.95. The van der Waals surface area contributed by atoms with E-state index in [0.29, 0.717) is 34.0 Å². The van der Waals surface area contributed by atoms with Crippen molar-refractivity contribution in [2.45, 2.75) is 88.8 Å². The Morgan fingerprint density at radius 2 is 1.74 bits per heavy atom. The van der Waals surface area contributed by atoms with Crippen molar-refractivity contribution in [1.29, 1.82) is 0 Å². The predicted octanol–water partition coefficient (Wildman–Crippen LogP) is 6.72. The molecule has 0 saturated heterocycles. The molecular weight excluding hydrogens is 546 g/mol. The van der Waals surface area contributed by atoms with E-state index in [1.54, 1.807) is 4.57 Å². The van der Waals surface area contributed by atoms with Crippen LogP contribution in [0.4, 0.5) is 5.69 Å². The Morgan fingerprint density at radius 1 is 0.976 bits per heavy atom. The van der Waals surface area contributed by atoms with Crippen LogP contribution in [0.1, 0.15) is 77.6 Å². The van der Waals surface area contributed by atoms with Gasteiger partial charge >= 0.3 is 0 Å². The predicted molar refractivity (Wildman–Crippen MR) is 172 cm³/mol. The zero-order valence-corrected chi connectivity index (χ0v) is 25.5. The maximum Gasteiger partial charge on any atom is 0.283 e. The van der Waals surface area contributed by atoms with Gasteiger partial charge in [0.25, 0.3) is 5.56 Å². The number of rotatable bonds is 12. The molecule has 1 saturated carbocycles. The van der Waals surface area contributed by atoms with Crippen molar-refractivity contribution in [3.05, 3.63) is 58.9 Å². The number of amides is 2. The summed E-state index contributed by atoms with van der Waals surface area (Å²) in [7, 11) is 1.86. The van der Waals surface area contributed by atoms with Crippen molar-refractivity contribution in [3.63, 3.8) is 0 Å². The minimum absolute atomic E-state index is 0.00861. The maximum atomic E-state index is 14.1. The monoisotopic (exact) mass is 587 g/mol. The Morgan fingerprint density at radius 3 is 2.50 bits per heavy atom. The SMILES string of the molecule is CCCCCCCC(=O)Nc1ccc2c(c1)c1nc(SCC(=O)NC3CCCCC3)n(-c3ccccc3)c(=O)c1n2C. The van der Waals surface area contributed by atoms with Gasteiger partial charge in [0.2, 0.25) is 11.8 Å². The van der Waals surface area contributed by atoms with Crippen LogP contribution in [0.3, 0.4) is 0 Å². The molecule has 5 rings (SSSR count). The molecule has 4 aromatic rings. The minimum Gasteiger partial charge on any atom is -0.353 e. The molecule has 2 N–H and O–H groups in total. The summed E-state index contributed by atoms with van der Waals surface area (Å²) in [5.41, 5.74) is 3.08. The number of hydrogen-bond donors (Lipinski definition) is 2. The van der Waals surface area contributed by atoms with E-state index in [1.165, 1.54) is 31.0 Å². The number of nitrogens with one attached hydrogen (secondary N) is 2. The first-order valence-electron chi connectivity index (χ1n) is 15.3. The summed E-state index contributed by atoms with van der Waals surface area (Å²) in [5, 5.41) is 7.45. The average molecular weight is 588 g/mol. The van der Waals surface area contributed by atoms with Crippen LogP contribution in [0.2, 0.25) is 0 Å². The Bertz CT molecular complexity index is 1610. The second kappa shape index (κ2) is 14.1. The Hall–Kier alpha value is -3.59. The summed E-state index contributed by atoms with van der Waals surface area (Å²) < 4.78 is 3.46. The van der Waals surface area contributed by atoms with E-state index >= 15 is 0 Å². The second-order valence-electron chi connectivity index (χ2n) is 11.3. The number of fused-ring (bicyclic) bond motifs is 3. The van der Waals surface area contributed by atoms with Crippen LogP contribution >= 0.6 is 11.8 Å². The minimum atomic E-state index is -0.197. The number of carbonyl (C=O) groups excluding carboxylic acids is 2. The Labute approximate surface area is 251 Å². The van der Waals surface area contributed by atoms with Gasteiger partial charge in [-0.2, -0.15) is 0 Å². The van der Waals surface area contributed by atoms with E-state index in [9.17, 15) is 14.4 Å². The molecule has 2 aromatic heterocycles. The number of benzene rings is 2. The number of aromatic nitrogens is 3. The number of carbonyl (C=O) groups is 2. The molecule has 1 aliphatic carbocycles. The topological polar surface area (TPSA) is 98.0 Å². The molecule has 8 nitrogen and oxygen atoms in total. The number of hydrogen-bond acceptors (Lipinski definition) is 5. The smallest absolute Gasteiger partial charge is 0.283 e. The van der Waals surface area contributed by atoms with E-state index in [4.69, 9.17) is 4.98 Å². The van der Waals surface area contributed by atoms with Crippen molar-refractivity contribution in [3.8, 4) is 5.69 Å². The van der Waals surface area contributed by atoms with Gasteiger partial charge in [0.05, 0.1) is 17.0 Å².